The third-order valence-electron chi connectivity index (χ3n) is 3.49. The van der Waals surface area contributed by atoms with Crippen LogP contribution in [0, 0.1) is 0 Å². The van der Waals surface area contributed by atoms with Crippen LogP contribution in [0.15, 0.2) is 28.0 Å². The fourth-order valence-corrected chi connectivity index (χ4v) is 3.70. The number of aromatic nitrogens is 1. The Morgan fingerprint density at radius 1 is 1.05 bits per heavy atom. The number of nitrogens with one attached hydrogen (secondary N) is 2. The largest absolute Gasteiger partial charge is 0.328 e. The Bertz CT molecular complexity index is 537. The number of hydrogen-bond acceptors (Lipinski definition) is 3. The van der Waals surface area contributed by atoms with Gasteiger partial charge in [-0.15, -0.1) is 0 Å². The van der Waals surface area contributed by atoms with E-state index in [0.717, 1.165) is 25.7 Å². The number of hydrogen-bond donors (Lipinski definition) is 2. The highest BCUT2D eigenvalue weighted by Crippen LogP contribution is 2.18. The van der Waals surface area contributed by atoms with Crippen molar-refractivity contribution in [2.45, 2.75) is 55.9 Å². The summed E-state index contributed by atoms with van der Waals surface area (Å²) in [4.78, 5) is 13.5. The maximum atomic E-state index is 12.2. The average molecular weight is 284 g/mol. The summed E-state index contributed by atoms with van der Waals surface area (Å²) in [5, 5.41) is 0. The zero-order valence-electron chi connectivity index (χ0n) is 10.9. The molecule has 0 spiro atoms. The lowest BCUT2D eigenvalue weighted by atomic mass is 9.97. The lowest BCUT2D eigenvalue weighted by Crippen LogP contribution is -2.35. The third kappa shape index (κ3) is 4.18. The molecule has 2 rings (SSSR count). The Morgan fingerprint density at radius 2 is 1.68 bits per heavy atom. The molecular weight excluding hydrogens is 264 g/mol. The fraction of sp³-hybridized carbons (Fsp3) is 0.615. The van der Waals surface area contributed by atoms with Crippen molar-refractivity contribution >= 4 is 10.0 Å². The predicted molar refractivity (Wildman–Crippen MR) is 73.5 cm³/mol. The van der Waals surface area contributed by atoms with Crippen molar-refractivity contribution in [3.8, 4) is 0 Å². The molecule has 19 heavy (non-hydrogen) atoms. The Kier molecular flexibility index (Phi) is 4.76. The molecule has 1 aliphatic carbocycles. The summed E-state index contributed by atoms with van der Waals surface area (Å²) in [6, 6.07) is 2.58. The molecule has 2 N–H and O–H groups in total. The lowest BCUT2D eigenvalue weighted by Gasteiger charge is -2.20. The van der Waals surface area contributed by atoms with Gasteiger partial charge >= 0.3 is 0 Å². The molecule has 1 fully saturated rings. The van der Waals surface area contributed by atoms with E-state index < -0.39 is 10.0 Å². The van der Waals surface area contributed by atoms with Crippen molar-refractivity contribution in [2.24, 2.45) is 0 Å². The highest BCUT2D eigenvalue weighted by molar-refractivity contribution is 7.89. The first-order valence-electron chi connectivity index (χ1n) is 6.79. The summed E-state index contributed by atoms with van der Waals surface area (Å²) in [5.41, 5.74) is -0.301. The highest BCUT2D eigenvalue weighted by Gasteiger charge is 2.20. The van der Waals surface area contributed by atoms with Crippen molar-refractivity contribution in [1.82, 2.24) is 9.71 Å². The number of rotatable bonds is 3. The second-order valence-electron chi connectivity index (χ2n) is 5.05. The van der Waals surface area contributed by atoms with E-state index in [4.69, 9.17) is 0 Å². The first-order valence-corrected chi connectivity index (χ1v) is 8.27. The van der Waals surface area contributed by atoms with Crippen LogP contribution < -0.4 is 10.3 Å². The molecule has 0 atom stereocenters. The van der Waals surface area contributed by atoms with Gasteiger partial charge in [0, 0.05) is 18.3 Å². The molecule has 0 aliphatic heterocycles. The molecule has 0 unspecified atom stereocenters. The van der Waals surface area contributed by atoms with Crippen molar-refractivity contribution in [1.29, 1.82) is 0 Å². The van der Waals surface area contributed by atoms with E-state index in [9.17, 15) is 13.2 Å². The molecule has 1 aromatic heterocycles. The van der Waals surface area contributed by atoms with Crippen molar-refractivity contribution in [2.75, 3.05) is 0 Å². The van der Waals surface area contributed by atoms with Crippen LogP contribution in [0.1, 0.15) is 44.9 Å². The van der Waals surface area contributed by atoms with Crippen LogP contribution in [0.5, 0.6) is 0 Å². The second-order valence-corrected chi connectivity index (χ2v) is 6.77. The van der Waals surface area contributed by atoms with Crippen molar-refractivity contribution in [3.05, 3.63) is 28.7 Å². The summed E-state index contributed by atoms with van der Waals surface area (Å²) >= 11 is 0. The van der Waals surface area contributed by atoms with Gasteiger partial charge in [0.25, 0.3) is 0 Å². The lowest BCUT2D eigenvalue weighted by molar-refractivity contribution is 0.426. The van der Waals surface area contributed by atoms with E-state index >= 15 is 0 Å². The molecule has 6 heteroatoms. The van der Waals surface area contributed by atoms with Gasteiger partial charge in [0.1, 0.15) is 0 Å². The van der Waals surface area contributed by atoms with Crippen LogP contribution in [0.2, 0.25) is 0 Å². The van der Waals surface area contributed by atoms with Crippen LogP contribution in [-0.2, 0) is 10.0 Å². The van der Waals surface area contributed by atoms with Crippen LogP contribution in [-0.4, -0.2) is 19.4 Å². The monoisotopic (exact) mass is 284 g/mol. The molecule has 5 nitrogen and oxygen atoms in total. The van der Waals surface area contributed by atoms with Gasteiger partial charge in [-0.25, -0.2) is 13.1 Å². The molecule has 1 heterocycles. The third-order valence-corrected chi connectivity index (χ3v) is 5.01. The van der Waals surface area contributed by atoms with Gasteiger partial charge < -0.3 is 4.98 Å². The minimum Gasteiger partial charge on any atom is -0.328 e. The molecule has 0 radical (unpaired) electrons. The first kappa shape index (κ1) is 14.3. The fourth-order valence-electron chi connectivity index (χ4n) is 2.42. The standard InChI is InChI=1S/C13H20N2O3S/c16-13-9-8-12(10-14-13)19(17,18)15-11-6-4-2-1-3-5-7-11/h8-11,15H,1-7H2,(H,14,16). The summed E-state index contributed by atoms with van der Waals surface area (Å²) in [6.45, 7) is 0. The zero-order valence-corrected chi connectivity index (χ0v) is 11.7. The number of H-pyrrole nitrogens is 1. The molecule has 0 amide bonds. The molecular formula is C13H20N2O3S. The van der Waals surface area contributed by atoms with Gasteiger partial charge in [-0.1, -0.05) is 32.1 Å². The summed E-state index contributed by atoms with van der Waals surface area (Å²) in [6.07, 6.45) is 8.77. The summed E-state index contributed by atoms with van der Waals surface area (Å²) in [5.74, 6) is 0. The molecule has 1 aliphatic rings. The summed E-state index contributed by atoms with van der Waals surface area (Å²) < 4.78 is 27.1. The topological polar surface area (TPSA) is 79.0 Å². The minimum atomic E-state index is -3.52. The maximum Gasteiger partial charge on any atom is 0.247 e. The molecule has 0 saturated heterocycles. The van der Waals surface area contributed by atoms with Crippen LogP contribution in [0.25, 0.3) is 0 Å². The van der Waals surface area contributed by atoms with Gasteiger partial charge in [-0.3, -0.25) is 4.79 Å². The quantitative estimate of drug-likeness (QED) is 0.887. The first-order chi connectivity index (χ1) is 9.08. The smallest absolute Gasteiger partial charge is 0.247 e. The van der Waals surface area contributed by atoms with Gasteiger partial charge in [0.05, 0.1) is 4.90 Å². The molecule has 1 aromatic rings. The Balaban J connectivity index is 2.07. The summed E-state index contributed by atoms with van der Waals surface area (Å²) in [7, 11) is -3.52. The van der Waals surface area contributed by atoms with E-state index in [1.165, 1.54) is 37.6 Å². The predicted octanol–water partition coefficient (Wildman–Crippen LogP) is 1.77. The normalized spacial score (nSPS) is 18.7. The van der Waals surface area contributed by atoms with Crippen molar-refractivity contribution in [3.63, 3.8) is 0 Å². The van der Waals surface area contributed by atoms with Gasteiger partial charge in [0.2, 0.25) is 15.6 Å². The van der Waals surface area contributed by atoms with Gasteiger partial charge in [-0.05, 0) is 18.9 Å². The Labute approximate surface area is 113 Å². The van der Waals surface area contributed by atoms with E-state index in [2.05, 4.69) is 9.71 Å². The number of sulfonamides is 1. The molecule has 1 saturated carbocycles. The van der Waals surface area contributed by atoms with E-state index in [1.54, 1.807) is 0 Å². The second kappa shape index (κ2) is 6.34. The zero-order chi connectivity index (χ0) is 13.7. The highest BCUT2D eigenvalue weighted by atomic mass is 32.2. The van der Waals surface area contributed by atoms with E-state index in [0.29, 0.717) is 0 Å². The van der Waals surface area contributed by atoms with Crippen LogP contribution in [0.4, 0.5) is 0 Å². The Morgan fingerprint density at radius 3 is 2.26 bits per heavy atom. The maximum absolute atomic E-state index is 12.2. The van der Waals surface area contributed by atoms with Crippen LogP contribution in [0.3, 0.4) is 0 Å². The van der Waals surface area contributed by atoms with E-state index in [-0.39, 0.29) is 16.5 Å². The van der Waals surface area contributed by atoms with Crippen LogP contribution >= 0.6 is 0 Å². The minimum absolute atomic E-state index is 0.0113. The van der Waals surface area contributed by atoms with Gasteiger partial charge in [0.15, 0.2) is 0 Å². The van der Waals surface area contributed by atoms with Gasteiger partial charge in [-0.2, -0.15) is 0 Å². The van der Waals surface area contributed by atoms with E-state index in [1.807, 2.05) is 0 Å². The molecule has 0 bridgehead atoms. The molecule has 106 valence electrons. The number of pyridine rings is 1. The van der Waals surface area contributed by atoms with Crippen molar-refractivity contribution < 1.29 is 8.42 Å². The molecule has 0 aromatic carbocycles. The average Bonchev–Trinajstić information content (AvgIpc) is 2.33. The number of aromatic amines is 1. The SMILES string of the molecule is O=c1ccc(S(=O)(=O)NC2CCCCCCC2)c[nH]1. The Hall–Kier alpha value is -1.14.